The van der Waals surface area contributed by atoms with Crippen molar-refractivity contribution in [1.29, 1.82) is 0 Å². The second kappa shape index (κ2) is 9.94. The van der Waals surface area contributed by atoms with E-state index in [0.717, 1.165) is 24.3 Å². The van der Waals surface area contributed by atoms with Crippen LogP contribution >= 0.6 is 0 Å². The minimum absolute atomic E-state index is 0.0338. The molecule has 0 spiro atoms. The van der Waals surface area contributed by atoms with Gasteiger partial charge in [0, 0.05) is 18.8 Å². The molecule has 11 heteroatoms. The van der Waals surface area contributed by atoms with Crippen molar-refractivity contribution in [3.05, 3.63) is 99.8 Å². The van der Waals surface area contributed by atoms with Crippen LogP contribution in [0, 0.1) is 42.9 Å². The molecule has 6 nitrogen and oxygen atoms in total. The molecule has 4 aromatic rings. The van der Waals surface area contributed by atoms with Crippen LogP contribution in [0.2, 0.25) is 0 Å². The van der Waals surface area contributed by atoms with Crippen LogP contribution in [0.4, 0.5) is 22.0 Å². The Balaban J connectivity index is 1.57. The Bertz CT molecular complexity index is 1430. The number of hydrogen-bond donors (Lipinski definition) is 2. The van der Waals surface area contributed by atoms with Gasteiger partial charge in [0.1, 0.15) is 23.9 Å². The smallest absolute Gasteiger partial charge is 0.270 e. The number of halogens is 5. The number of carbonyl (C=O) groups excluding carboxylic acids is 1. The number of hydrogen-bond acceptors (Lipinski definition) is 4. The largest absolute Gasteiger partial charge is 0.485 e. The fraction of sp³-hybridized carbons (Fsp3) is 0.200. The summed E-state index contributed by atoms with van der Waals surface area (Å²) in [4.78, 5) is 17.3. The topological polar surface area (TPSA) is 81.6 Å². The van der Waals surface area contributed by atoms with Crippen molar-refractivity contribution in [2.75, 3.05) is 6.54 Å². The predicted octanol–water partition coefficient (Wildman–Crippen LogP) is 4.66. The number of rotatable bonds is 7. The third kappa shape index (κ3) is 4.87. The predicted molar refractivity (Wildman–Crippen MR) is 121 cm³/mol. The molecule has 0 radical (unpaired) electrons. The van der Waals surface area contributed by atoms with Gasteiger partial charge in [0.15, 0.2) is 28.8 Å². The molecular formula is C25H21F5N4O2. The van der Waals surface area contributed by atoms with Gasteiger partial charge in [-0.05, 0) is 55.3 Å². The number of aryl methyl sites for hydroxylation is 2. The number of benzene rings is 2. The average molecular weight is 504 g/mol. The lowest BCUT2D eigenvalue weighted by Crippen LogP contribution is -2.33. The van der Waals surface area contributed by atoms with Gasteiger partial charge >= 0.3 is 0 Å². The number of nitrogens with zero attached hydrogens (tertiary/aromatic N) is 2. The second-order valence-corrected chi connectivity index (χ2v) is 8.23. The van der Waals surface area contributed by atoms with Gasteiger partial charge in [-0.3, -0.25) is 9.20 Å². The minimum atomic E-state index is -1.61. The fourth-order valence-corrected chi connectivity index (χ4v) is 3.75. The van der Waals surface area contributed by atoms with Gasteiger partial charge in [-0.1, -0.05) is 6.07 Å². The van der Waals surface area contributed by atoms with Gasteiger partial charge in [-0.2, -0.15) is 0 Å². The number of carbonyl (C=O) groups is 1. The van der Waals surface area contributed by atoms with Gasteiger partial charge in [0.05, 0.1) is 11.3 Å². The highest BCUT2D eigenvalue weighted by molar-refractivity contribution is 5.95. The van der Waals surface area contributed by atoms with Crippen molar-refractivity contribution in [2.24, 2.45) is 5.73 Å². The number of amides is 1. The minimum Gasteiger partial charge on any atom is -0.485 e. The molecule has 0 aliphatic heterocycles. The molecule has 1 unspecified atom stereocenters. The SMILES string of the molecule is Cc1cc(OCc2c(F)cccc2F)c2nc(C)c(C(=O)NCC(N)c3cc(F)c(F)c(F)c3)n2c1. The van der Waals surface area contributed by atoms with E-state index in [1.165, 1.54) is 10.5 Å². The summed E-state index contributed by atoms with van der Waals surface area (Å²) >= 11 is 0. The first-order chi connectivity index (χ1) is 17.1. The first kappa shape index (κ1) is 25.1. The van der Waals surface area contributed by atoms with E-state index in [0.29, 0.717) is 11.3 Å². The molecule has 36 heavy (non-hydrogen) atoms. The van der Waals surface area contributed by atoms with E-state index in [1.54, 1.807) is 26.1 Å². The van der Waals surface area contributed by atoms with Crippen LogP contribution < -0.4 is 15.8 Å². The monoisotopic (exact) mass is 504 g/mol. The maximum atomic E-state index is 14.0. The first-order valence-electron chi connectivity index (χ1n) is 10.8. The summed E-state index contributed by atoms with van der Waals surface area (Å²) in [6.07, 6.45) is 1.63. The zero-order valence-electron chi connectivity index (χ0n) is 19.2. The normalized spacial score (nSPS) is 12.1. The molecule has 188 valence electrons. The summed E-state index contributed by atoms with van der Waals surface area (Å²) in [5, 5.41) is 2.58. The lowest BCUT2D eigenvalue weighted by molar-refractivity contribution is 0.0944. The summed E-state index contributed by atoms with van der Waals surface area (Å²) in [6.45, 7) is 2.71. The number of nitrogens with two attached hydrogens (primary N) is 1. The van der Waals surface area contributed by atoms with E-state index in [1.807, 2.05) is 0 Å². The molecule has 3 N–H and O–H groups in total. The molecular weight excluding hydrogens is 483 g/mol. The lowest BCUT2D eigenvalue weighted by Gasteiger charge is -2.14. The van der Waals surface area contributed by atoms with Crippen molar-refractivity contribution in [1.82, 2.24) is 14.7 Å². The Morgan fingerprint density at radius 1 is 1.06 bits per heavy atom. The Labute approximate surface area is 202 Å². The number of aromatic nitrogens is 2. The number of nitrogens with one attached hydrogen (secondary N) is 1. The van der Waals surface area contributed by atoms with E-state index < -0.39 is 47.6 Å². The van der Waals surface area contributed by atoms with E-state index in [4.69, 9.17) is 10.5 Å². The molecule has 1 atom stereocenters. The molecule has 2 aromatic heterocycles. The third-order valence-electron chi connectivity index (χ3n) is 5.56. The summed E-state index contributed by atoms with van der Waals surface area (Å²) in [7, 11) is 0. The zero-order chi connectivity index (χ0) is 26.1. The highest BCUT2D eigenvalue weighted by Crippen LogP contribution is 2.26. The molecule has 0 saturated heterocycles. The molecule has 0 saturated carbocycles. The number of fused-ring (bicyclic) bond motifs is 1. The molecule has 1 amide bonds. The third-order valence-corrected chi connectivity index (χ3v) is 5.56. The van der Waals surface area contributed by atoms with Crippen LogP contribution in [0.25, 0.3) is 5.65 Å². The van der Waals surface area contributed by atoms with E-state index in [-0.39, 0.29) is 34.8 Å². The van der Waals surface area contributed by atoms with Gasteiger partial charge < -0.3 is 15.8 Å². The van der Waals surface area contributed by atoms with Crippen molar-refractivity contribution >= 4 is 11.6 Å². The molecule has 0 fully saturated rings. The Hall–Kier alpha value is -3.99. The van der Waals surface area contributed by atoms with E-state index in [2.05, 4.69) is 10.3 Å². The maximum absolute atomic E-state index is 14.0. The lowest BCUT2D eigenvalue weighted by atomic mass is 10.1. The van der Waals surface area contributed by atoms with Crippen LogP contribution in [0.5, 0.6) is 5.75 Å². The summed E-state index contributed by atoms with van der Waals surface area (Å²) in [6, 6.07) is 5.62. The standard InChI is InChI=1S/C25H21F5N4O2/c1-12-6-21(36-11-15-16(26)4-3-5-17(15)27)24-33-13(2)23(34(24)10-12)25(35)32-9-20(31)14-7-18(28)22(30)19(29)8-14/h3-8,10,20H,9,11,31H2,1-2H3,(H,32,35). The van der Waals surface area contributed by atoms with Gasteiger partial charge in [-0.15, -0.1) is 0 Å². The van der Waals surface area contributed by atoms with Crippen molar-refractivity contribution < 1.29 is 31.5 Å². The zero-order valence-corrected chi connectivity index (χ0v) is 19.2. The molecule has 0 bridgehead atoms. The van der Waals surface area contributed by atoms with Gasteiger partial charge in [0.25, 0.3) is 5.91 Å². The number of imidazole rings is 1. The number of ether oxygens (including phenoxy) is 1. The van der Waals surface area contributed by atoms with Gasteiger partial charge in [0.2, 0.25) is 0 Å². The quantitative estimate of drug-likeness (QED) is 0.284. The highest BCUT2D eigenvalue weighted by Gasteiger charge is 2.22. The van der Waals surface area contributed by atoms with Crippen LogP contribution in [-0.4, -0.2) is 21.8 Å². The van der Waals surface area contributed by atoms with Crippen LogP contribution in [0.1, 0.15) is 38.9 Å². The van der Waals surface area contributed by atoms with Crippen molar-refractivity contribution in [2.45, 2.75) is 26.5 Å². The van der Waals surface area contributed by atoms with E-state index in [9.17, 15) is 26.7 Å². The molecule has 2 aromatic carbocycles. The Morgan fingerprint density at radius 3 is 2.33 bits per heavy atom. The van der Waals surface area contributed by atoms with Gasteiger partial charge in [-0.25, -0.2) is 26.9 Å². The van der Waals surface area contributed by atoms with Crippen LogP contribution in [-0.2, 0) is 6.61 Å². The van der Waals surface area contributed by atoms with Crippen LogP contribution in [0.15, 0.2) is 42.6 Å². The van der Waals surface area contributed by atoms with E-state index >= 15 is 0 Å². The summed E-state index contributed by atoms with van der Waals surface area (Å²) in [5.41, 5.74) is 7.03. The average Bonchev–Trinajstić information content (AvgIpc) is 3.15. The summed E-state index contributed by atoms with van der Waals surface area (Å²) < 4.78 is 75.4. The molecule has 0 aliphatic rings. The Morgan fingerprint density at radius 2 is 1.69 bits per heavy atom. The number of pyridine rings is 1. The maximum Gasteiger partial charge on any atom is 0.270 e. The molecule has 4 rings (SSSR count). The molecule has 2 heterocycles. The van der Waals surface area contributed by atoms with Crippen molar-refractivity contribution in [3.63, 3.8) is 0 Å². The van der Waals surface area contributed by atoms with Crippen LogP contribution in [0.3, 0.4) is 0 Å². The molecule has 0 aliphatic carbocycles. The first-order valence-corrected chi connectivity index (χ1v) is 10.8. The van der Waals surface area contributed by atoms with Crippen molar-refractivity contribution in [3.8, 4) is 5.75 Å². The Kier molecular flexibility index (Phi) is 6.93. The summed E-state index contributed by atoms with van der Waals surface area (Å²) in [5.74, 6) is -6.28. The highest BCUT2D eigenvalue weighted by atomic mass is 19.2. The fourth-order valence-electron chi connectivity index (χ4n) is 3.75. The second-order valence-electron chi connectivity index (χ2n) is 8.23.